The third kappa shape index (κ3) is 2.42. The predicted molar refractivity (Wildman–Crippen MR) is 101 cm³/mol. The number of pyridine rings is 2. The van der Waals surface area contributed by atoms with Crippen LogP contribution in [0.2, 0.25) is 0 Å². The van der Waals surface area contributed by atoms with Crippen LogP contribution in [0.25, 0.3) is 5.65 Å². The number of aromatic nitrogens is 3. The highest BCUT2D eigenvalue weighted by molar-refractivity contribution is 5.83. The maximum atomic E-state index is 12.7. The van der Waals surface area contributed by atoms with E-state index in [4.69, 9.17) is 0 Å². The van der Waals surface area contributed by atoms with E-state index in [0.717, 1.165) is 12.1 Å². The molecule has 136 valence electrons. The Morgan fingerprint density at radius 3 is 2.78 bits per heavy atom. The van der Waals surface area contributed by atoms with Crippen LogP contribution >= 0.6 is 0 Å². The second kappa shape index (κ2) is 5.90. The fraction of sp³-hybridized carbons (Fsp3) is 0.300. The Morgan fingerprint density at radius 2 is 1.93 bits per heavy atom. The van der Waals surface area contributed by atoms with Crippen molar-refractivity contribution in [3.05, 3.63) is 74.6 Å². The topological polar surface area (TPSA) is 76.7 Å². The van der Waals surface area contributed by atoms with Gasteiger partial charge in [-0.15, -0.1) is 0 Å². The van der Waals surface area contributed by atoms with Crippen LogP contribution in [0.3, 0.4) is 0 Å². The summed E-state index contributed by atoms with van der Waals surface area (Å²) in [5, 5.41) is 0. The van der Waals surface area contributed by atoms with E-state index in [2.05, 4.69) is 4.98 Å². The fourth-order valence-corrected chi connectivity index (χ4v) is 4.50. The third-order valence-electron chi connectivity index (χ3n) is 5.65. The first-order valence-electron chi connectivity index (χ1n) is 9.07. The zero-order chi connectivity index (χ0) is 18.5. The normalized spacial score (nSPS) is 21.1. The first-order chi connectivity index (χ1) is 13.2. The van der Waals surface area contributed by atoms with Gasteiger partial charge in [-0.1, -0.05) is 12.1 Å². The lowest BCUT2D eigenvalue weighted by Crippen LogP contribution is -2.48. The molecule has 1 fully saturated rings. The first kappa shape index (κ1) is 16.0. The van der Waals surface area contributed by atoms with E-state index in [9.17, 15) is 14.4 Å². The molecular formula is C20H18N4O3. The molecule has 3 aromatic rings. The number of anilines is 1. The highest BCUT2D eigenvalue weighted by Crippen LogP contribution is 2.36. The summed E-state index contributed by atoms with van der Waals surface area (Å²) < 4.78 is 3.26. The summed E-state index contributed by atoms with van der Waals surface area (Å²) in [6.07, 6.45) is 3.23. The summed E-state index contributed by atoms with van der Waals surface area (Å²) in [4.78, 5) is 43.3. The van der Waals surface area contributed by atoms with Crippen molar-refractivity contribution in [3.63, 3.8) is 0 Å². The van der Waals surface area contributed by atoms with E-state index in [1.807, 2.05) is 21.6 Å². The molecule has 2 atom stereocenters. The summed E-state index contributed by atoms with van der Waals surface area (Å²) >= 11 is 0. The highest BCUT2D eigenvalue weighted by atomic mass is 16.1. The SMILES string of the molecule is O=Cc1c(N2CC3CC(C2)c2cccc(=O)n2C3)nc2ccccn2c1=O. The van der Waals surface area contributed by atoms with Gasteiger partial charge in [-0.2, -0.15) is 0 Å². The Morgan fingerprint density at radius 1 is 1.04 bits per heavy atom. The number of nitrogens with zero attached hydrogens (tertiary/aromatic N) is 4. The zero-order valence-corrected chi connectivity index (χ0v) is 14.6. The lowest BCUT2D eigenvalue weighted by molar-refractivity contribution is 0.112. The van der Waals surface area contributed by atoms with Crippen LogP contribution in [0, 0.1) is 5.92 Å². The average molecular weight is 362 g/mol. The molecule has 5 rings (SSSR count). The standard InChI is InChI=1S/C20H18N4O3/c25-12-15-19(21-17-5-1-2-7-23(17)20(15)27)22-9-13-8-14(11-22)16-4-3-6-18(26)24(16)10-13/h1-7,12-14H,8-11H2. The van der Waals surface area contributed by atoms with E-state index >= 15 is 0 Å². The molecule has 7 heteroatoms. The smallest absolute Gasteiger partial charge is 0.270 e. The summed E-state index contributed by atoms with van der Waals surface area (Å²) in [5.41, 5.74) is 1.32. The van der Waals surface area contributed by atoms with Crippen LogP contribution in [0.15, 0.2) is 52.2 Å². The van der Waals surface area contributed by atoms with Gasteiger partial charge in [-0.3, -0.25) is 18.8 Å². The molecule has 0 aliphatic carbocycles. The van der Waals surface area contributed by atoms with Gasteiger partial charge in [0.15, 0.2) is 6.29 Å². The van der Waals surface area contributed by atoms with E-state index in [0.29, 0.717) is 37.4 Å². The van der Waals surface area contributed by atoms with Crippen molar-refractivity contribution in [1.29, 1.82) is 0 Å². The number of fused-ring (bicyclic) bond motifs is 5. The lowest BCUT2D eigenvalue weighted by Gasteiger charge is -2.43. The second-order valence-electron chi connectivity index (χ2n) is 7.30. The molecule has 0 amide bonds. The maximum Gasteiger partial charge on any atom is 0.270 e. The molecule has 0 saturated carbocycles. The van der Waals surface area contributed by atoms with Crippen molar-refractivity contribution in [2.45, 2.75) is 18.9 Å². The molecule has 2 bridgehead atoms. The van der Waals surface area contributed by atoms with Gasteiger partial charge in [0.1, 0.15) is 17.0 Å². The molecule has 2 aliphatic rings. The quantitative estimate of drug-likeness (QED) is 0.642. The van der Waals surface area contributed by atoms with Gasteiger partial charge in [-0.25, -0.2) is 4.98 Å². The van der Waals surface area contributed by atoms with Crippen molar-refractivity contribution < 1.29 is 4.79 Å². The van der Waals surface area contributed by atoms with E-state index in [1.54, 1.807) is 30.5 Å². The van der Waals surface area contributed by atoms with Gasteiger partial charge in [0.2, 0.25) is 0 Å². The van der Waals surface area contributed by atoms with Crippen LogP contribution in [-0.4, -0.2) is 33.3 Å². The Hall–Kier alpha value is -3.22. The summed E-state index contributed by atoms with van der Waals surface area (Å²) in [5.74, 6) is 0.913. The largest absolute Gasteiger partial charge is 0.355 e. The molecule has 1 saturated heterocycles. The van der Waals surface area contributed by atoms with Crippen molar-refractivity contribution >= 4 is 17.8 Å². The van der Waals surface area contributed by atoms with Crippen molar-refractivity contribution in [3.8, 4) is 0 Å². The molecule has 0 spiro atoms. The Bertz CT molecular complexity index is 1180. The van der Waals surface area contributed by atoms with Crippen molar-refractivity contribution in [1.82, 2.24) is 14.0 Å². The molecule has 3 aromatic heterocycles. The molecule has 5 heterocycles. The van der Waals surface area contributed by atoms with Crippen LogP contribution in [0.4, 0.5) is 5.82 Å². The maximum absolute atomic E-state index is 12.7. The number of hydrogen-bond donors (Lipinski definition) is 0. The molecule has 0 N–H and O–H groups in total. The molecular weight excluding hydrogens is 344 g/mol. The van der Waals surface area contributed by atoms with E-state index < -0.39 is 0 Å². The molecule has 0 aromatic carbocycles. The Balaban J connectivity index is 1.62. The summed E-state index contributed by atoms with van der Waals surface area (Å²) in [6.45, 7) is 1.97. The molecule has 27 heavy (non-hydrogen) atoms. The monoisotopic (exact) mass is 362 g/mol. The second-order valence-corrected chi connectivity index (χ2v) is 7.30. The van der Waals surface area contributed by atoms with E-state index in [-0.39, 0.29) is 28.5 Å². The number of rotatable bonds is 2. The Labute approximate surface area is 154 Å². The predicted octanol–water partition coefficient (Wildman–Crippen LogP) is 1.29. The van der Waals surface area contributed by atoms with Crippen LogP contribution in [0.5, 0.6) is 0 Å². The number of piperidine rings is 1. The average Bonchev–Trinajstić information content (AvgIpc) is 2.69. The number of hydrogen-bond acceptors (Lipinski definition) is 5. The number of carbonyl (C=O) groups excluding carboxylic acids is 1. The molecule has 2 unspecified atom stereocenters. The molecule has 0 radical (unpaired) electrons. The number of carbonyl (C=O) groups is 1. The van der Waals surface area contributed by atoms with Gasteiger partial charge < -0.3 is 9.47 Å². The lowest BCUT2D eigenvalue weighted by atomic mass is 9.83. The highest BCUT2D eigenvalue weighted by Gasteiger charge is 2.36. The summed E-state index contributed by atoms with van der Waals surface area (Å²) in [6, 6.07) is 10.7. The minimum atomic E-state index is -0.349. The minimum Gasteiger partial charge on any atom is -0.355 e. The minimum absolute atomic E-state index is 0.0336. The van der Waals surface area contributed by atoms with Crippen LogP contribution in [0.1, 0.15) is 28.4 Å². The van der Waals surface area contributed by atoms with Crippen LogP contribution in [-0.2, 0) is 6.54 Å². The van der Waals surface area contributed by atoms with Gasteiger partial charge in [0.25, 0.3) is 11.1 Å². The number of aldehydes is 1. The van der Waals surface area contributed by atoms with Gasteiger partial charge in [0, 0.05) is 43.5 Å². The molecule has 7 nitrogen and oxygen atoms in total. The van der Waals surface area contributed by atoms with Gasteiger partial charge >= 0.3 is 0 Å². The van der Waals surface area contributed by atoms with Gasteiger partial charge in [-0.05, 0) is 30.5 Å². The van der Waals surface area contributed by atoms with E-state index in [1.165, 1.54) is 4.40 Å². The Kier molecular flexibility index (Phi) is 3.50. The van der Waals surface area contributed by atoms with Gasteiger partial charge in [0.05, 0.1) is 0 Å². The zero-order valence-electron chi connectivity index (χ0n) is 14.6. The molecule has 2 aliphatic heterocycles. The summed E-state index contributed by atoms with van der Waals surface area (Å²) in [7, 11) is 0. The van der Waals surface area contributed by atoms with Crippen molar-refractivity contribution in [2.75, 3.05) is 18.0 Å². The van der Waals surface area contributed by atoms with Crippen LogP contribution < -0.4 is 16.0 Å². The first-order valence-corrected chi connectivity index (χ1v) is 9.07. The third-order valence-corrected chi connectivity index (χ3v) is 5.65. The fourth-order valence-electron chi connectivity index (χ4n) is 4.50. The van der Waals surface area contributed by atoms with Crippen molar-refractivity contribution in [2.24, 2.45) is 5.92 Å².